The monoisotopic (exact) mass is 288 g/mol. The van der Waals surface area contributed by atoms with Gasteiger partial charge in [0, 0.05) is 23.7 Å². The van der Waals surface area contributed by atoms with Gasteiger partial charge in [-0.2, -0.15) is 5.10 Å². The van der Waals surface area contributed by atoms with Gasteiger partial charge in [0.05, 0.1) is 12.8 Å². The van der Waals surface area contributed by atoms with Crippen LogP contribution in [0.4, 0.5) is 0 Å². The van der Waals surface area contributed by atoms with Gasteiger partial charge < -0.3 is 4.74 Å². The number of thioether (sulfide) groups is 1. The first-order chi connectivity index (χ1) is 9.65. The van der Waals surface area contributed by atoms with Crippen molar-refractivity contribution in [2.45, 2.75) is 4.90 Å². The zero-order chi connectivity index (χ0) is 14.5. The van der Waals surface area contributed by atoms with Crippen LogP contribution in [0.5, 0.6) is 5.75 Å². The van der Waals surface area contributed by atoms with E-state index in [0.717, 1.165) is 16.3 Å². The fraction of sp³-hybridized carbons (Fsp3) is 0.200. The summed E-state index contributed by atoms with van der Waals surface area (Å²) in [6.45, 7) is 0. The molecule has 0 aliphatic heterocycles. The number of rotatable bonds is 5. The number of allylic oxidation sites excluding steroid dienone is 1. The standard InChI is InChI=1S/C15H16N2O2S/c1-17-12(8-9-16-17)5-6-13(18)11-4-7-15(20-3)14(10-11)19-2/h4-10H,1-3H3. The lowest BCUT2D eigenvalue weighted by Gasteiger charge is -2.07. The number of nitrogens with zero attached hydrogens (tertiary/aromatic N) is 2. The molecule has 0 spiro atoms. The summed E-state index contributed by atoms with van der Waals surface area (Å²) < 4.78 is 6.99. The first-order valence-electron chi connectivity index (χ1n) is 6.08. The molecule has 1 heterocycles. The predicted octanol–water partition coefficient (Wildman–Crippen LogP) is 3.05. The van der Waals surface area contributed by atoms with Gasteiger partial charge in [-0.3, -0.25) is 9.48 Å². The first-order valence-corrected chi connectivity index (χ1v) is 7.30. The van der Waals surface area contributed by atoms with E-state index in [0.29, 0.717) is 5.56 Å². The Morgan fingerprint density at radius 1 is 1.40 bits per heavy atom. The molecule has 1 aromatic heterocycles. The number of methoxy groups -OCH3 is 1. The third-order valence-electron chi connectivity index (χ3n) is 2.93. The van der Waals surface area contributed by atoms with Crippen LogP contribution in [0.1, 0.15) is 16.1 Å². The van der Waals surface area contributed by atoms with Crippen molar-refractivity contribution in [3.05, 3.63) is 47.8 Å². The van der Waals surface area contributed by atoms with Crippen LogP contribution in [0, 0.1) is 0 Å². The highest BCUT2D eigenvalue weighted by Gasteiger charge is 2.07. The fourth-order valence-electron chi connectivity index (χ4n) is 1.79. The van der Waals surface area contributed by atoms with Gasteiger partial charge in [-0.05, 0) is 42.7 Å². The van der Waals surface area contributed by atoms with Crippen molar-refractivity contribution in [3.63, 3.8) is 0 Å². The Bertz CT molecular complexity index is 647. The molecule has 0 aliphatic rings. The average molecular weight is 288 g/mol. The topological polar surface area (TPSA) is 44.1 Å². The molecule has 0 N–H and O–H groups in total. The maximum Gasteiger partial charge on any atom is 0.186 e. The minimum Gasteiger partial charge on any atom is -0.496 e. The molecule has 104 valence electrons. The van der Waals surface area contributed by atoms with Crippen molar-refractivity contribution in [2.24, 2.45) is 7.05 Å². The Morgan fingerprint density at radius 2 is 2.20 bits per heavy atom. The third-order valence-corrected chi connectivity index (χ3v) is 3.71. The molecule has 0 fully saturated rings. The van der Waals surface area contributed by atoms with E-state index < -0.39 is 0 Å². The minimum absolute atomic E-state index is 0.0582. The summed E-state index contributed by atoms with van der Waals surface area (Å²) in [7, 11) is 3.44. The van der Waals surface area contributed by atoms with Gasteiger partial charge in [0.15, 0.2) is 5.78 Å². The number of benzene rings is 1. The molecule has 20 heavy (non-hydrogen) atoms. The number of ketones is 1. The van der Waals surface area contributed by atoms with Gasteiger partial charge in [0.25, 0.3) is 0 Å². The first kappa shape index (κ1) is 14.4. The van der Waals surface area contributed by atoms with Gasteiger partial charge in [0.2, 0.25) is 0 Å². The summed E-state index contributed by atoms with van der Waals surface area (Å²) in [5.41, 5.74) is 1.49. The molecule has 2 rings (SSSR count). The highest BCUT2D eigenvalue weighted by molar-refractivity contribution is 7.98. The van der Waals surface area contributed by atoms with Crippen molar-refractivity contribution in [2.75, 3.05) is 13.4 Å². The number of carbonyl (C=O) groups excluding carboxylic acids is 1. The van der Waals surface area contributed by atoms with Crippen molar-refractivity contribution in [1.29, 1.82) is 0 Å². The molecule has 5 heteroatoms. The molecular weight excluding hydrogens is 272 g/mol. The molecule has 0 aliphatic carbocycles. The van der Waals surface area contributed by atoms with E-state index in [1.807, 2.05) is 31.5 Å². The van der Waals surface area contributed by atoms with Crippen molar-refractivity contribution in [1.82, 2.24) is 9.78 Å². The van der Waals surface area contributed by atoms with Crippen LogP contribution in [0.15, 0.2) is 41.4 Å². The van der Waals surface area contributed by atoms with Gasteiger partial charge in [-0.1, -0.05) is 0 Å². The van der Waals surface area contributed by atoms with Gasteiger partial charge in [-0.25, -0.2) is 0 Å². The van der Waals surface area contributed by atoms with Crippen LogP contribution in [-0.4, -0.2) is 28.9 Å². The lowest BCUT2D eigenvalue weighted by atomic mass is 10.1. The molecule has 2 aromatic rings. The zero-order valence-corrected chi connectivity index (χ0v) is 12.5. The second-order valence-corrected chi connectivity index (χ2v) is 5.00. The predicted molar refractivity (Wildman–Crippen MR) is 81.3 cm³/mol. The van der Waals surface area contributed by atoms with Gasteiger partial charge in [-0.15, -0.1) is 11.8 Å². The number of aryl methyl sites for hydroxylation is 1. The summed E-state index contributed by atoms with van der Waals surface area (Å²) in [6.07, 6.45) is 6.97. The van der Waals surface area contributed by atoms with E-state index in [1.165, 1.54) is 0 Å². The van der Waals surface area contributed by atoms with Crippen molar-refractivity contribution < 1.29 is 9.53 Å². The van der Waals surface area contributed by atoms with E-state index in [2.05, 4.69) is 5.10 Å². The zero-order valence-electron chi connectivity index (χ0n) is 11.7. The summed E-state index contributed by atoms with van der Waals surface area (Å²) in [6, 6.07) is 7.32. The summed E-state index contributed by atoms with van der Waals surface area (Å²) in [5, 5.41) is 4.05. The summed E-state index contributed by atoms with van der Waals surface area (Å²) in [4.78, 5) is 13.2. The largest absolute Gasteiger partial charge is 0.496 e. The van der Waals surface area contributed by atoms with Crippen molar-refractivity contribution >= 4 is 23.6 Å². The Kier molecular flexibility index (Phi) is 4.63. The Labute approximate surface area is 122 Å². The lowest BCUT2D eigenvalue weighted by molar-refractivity contribution is 0.104. The fourth-order valence-corrected chi connectivity index (χ4v) is 2.34. The number of aromatic nitrogens is 2. The summed E-state index contributed by atoms with van der Waals surface area (Å²) in [5.74, 6) is 0.662. The van der Waals surface area contributed by atoms with E-state index in [9.17, 15) is 4.79 Å². The normalized spacial score (nSPS) is 10.9. The second kappa shape index (κ2) is 6.43. The number of hydrogen-bond donors (Lipinski definition) is 0. The van der Waals surface area contributed by atoms with Crippen molar-refractivity contribution in [3.8, 4) is 5.75 Å². The lowest BCUT2D eigenvalue weighted by Crippen LogP contribution is -1.97. The Hall–Kier alpha value is -2.01. The van der Waals surface area contributed by atoms with E-state index in [-0.39, 0.29) is 5.78 Å². The van der Waals surface area contributed by atoms with E-state index >= 15 is 0 Å². The Morgan fingerprint density at radius 3 is 2.80 bits per heavy atom. The maximum atomic E-state index is 12.1. The molecule has 4 nitrogen and oxygen atoms in total. The number of carbonyl (C=O) groups is 1. The van der Waals surface area contributed by atoms with Crippen LogP contribution in [0.2, 0.25) is 0 Å². The van der Waals surface area contributed by atoms with E-state index in [1.54, 1.807) is 48.0 Å². The Balaban J connectivity index is 2.21. The minimum atomic E-state index is -0.0582. The average Bonchev–Trinajstić information content (AvgIpc) is 2.89. The molecule has 0 saturated carbocycles. The molecule has 0 atom stereocenters. The van der Waals surface area contributed by atoms with Crippen LogP contribution in [0.25, 0.3) is 6.08 Å². The maximum absolute atomic E-state index is 12.1. The third kappa shape index (κ3) is 3.11. The number of hydrogen-bond acceptors (Lipinski definition) is 4. The highest BCUT2D eigenvalue weighted by atomic mass is 32.2. The van der Waals surface area contributed by atoms with Crippen LogP contribution < -0.4 is 4.74 Å². The van der Waals surface area contributed by atoms with Gasteiger partial charge in [0.1, 0.15) is 5.75 Å². The molecule has 0 saturated heterocycles. The highest BCUT2D eigenvalue weighted by Crippen LogP contribution is 2.28. The quantitative estimate of drug-likeness (QED) is 0.482. The molecule has 0 bridgehead atoms. The molecular formula is C15H16N2O2S. The smallest absolute Gasteiger partial charge is 0.186 e. The van der Waals surface area contributed by atoms with E-state index in [4.69, 9.17) is 4.74 Å². The van der Waals surface area contributed by atoms with Crippen LogP contribution in [0.3, 0.4) is 0 Å². The molecule has 0 unspecified atom stereocenters. The SMILES string of the molecule is COc1cc(C(=O)C=Cc2ccnn2C)ccc1SC. The second-order valence-electron chi connectivity index (χ2n) is 4.15. The van der Waals surface area contributed by atoms with Crippen LogP contribution in [-0.2, 0) is 7.05 Å². The molecule has 0 radical (unpaired) electrons. The molecule has 0 amide bonds. The number of ether oxygens (including phenoxy) is 1. The van der Waals surface area contributed by atoms with Gasteiger partial charge >= 0.3 is 0 Å². The summed E-state index contributed by atoms with van der Waals surface area (Å²) >= 11 is 1.59. The molecule has 1 aromatic carbocycles. The van der Waals surface area contributed by atoms with Crippen LogP contribution >= 0.6 is 11.8 Å².